The lowest BCUT2D eigenvalue weighted by Gasteiger charge is -2.12. The van der Waals surface area contributed by atoms with E-state index in [-0.39, 0.29) is 35.6 Å². The summed E-state index contributed by atoms with van der Waals surface area (Å²) < 4.78 is 83.8. The molecule has 0 aliphatic heterocycles. The summed E-state index contributed by atoms with van der Waals surface area (Å²) in [4.78, 5) is 18.5. The summed E-state index contributed by atoms with van der Waals surface area (Å²) >= 11 is 0. The number of nitrogens with zero attached hydrogens (tertiary/aromatic N) is 3. The number of unbranched alkanes of at least 4 members (excludes halogenated alkanes) is 2. The second kappa shape index (κ2) is 13.3. The number of anilines is 1. The van der Waals surface area contributed by atoms with E-state index >= 15 is 0 Å². The third-order valence-corrected chi connectivity index (χ3v) is 5.42. The molecule has 3 N–H and O–H groups in total. The van der Waals surface area contributed by atoms with Crippen molar-refractivity contribution < 1.29 is 36.2 Å². The van der Waals surface area contributed by atoms with Crippen molar-refractivity contribution in [1.29, 1.82) is 0 Å². The van der Waals surface area contributed by atoms with Crippen LogP contribution in [0.3, 0.4) is 0 Å². The average Bonchev–Trinajstić information content (AvgIpc) is 3.15. The second-order valence-corrected chi connectivity index (χ2v) is 8.56. The Morgan fingerprint density at radius 3 is 2.37 bits per heavy atom. The molecule has 0 spiro atoms. The number of aryl methyl sites for hydroxylation is 1. The molecule has 6 nitrogen and oxygen atoms in total. The largest absolute Gasteiger partial charge is 0.481 e. The van der Waals surface area contributed by atoms with Crippen LogP contribution in [-0.4, -0.2) is 31.8 Å². The number of carbonyl (C=O) groups is 1. The molecule has 12 heteroatoms. The summed E-state index contributed by atoms with van der Waals surface area (Å²) in [5.41, 5.74) is 5.22. The van der Waals surface area contributed by atoms with Crippen molar-refractivity contribution in [2.24, 2.45) is 0 Å². The van der Waals surface area contributed by atoms with Gasteiger partial charge in [-0.25, -0.2) is 9.97 Å². The van der Waals surface area contributed by atoms with Crippen molar-refractivity contribution in [3.63, 3.8) is 0 Å². The minimum atomic E-state index is -4.91. The maximum Gasteiger partial charge on any atom is 0.450 e. The van der Waals surface area contributed by atoms with Gasteiger partial charge in [-0.1, -0.05) is 31.2 Å². The van der Waals surface area contributed by atoms with Gasteiger partial charge >= 0.3 is 18.3 Å². The number of carboxylic acids is 1. The number of carboxylic acid groups (broad SMARTS) is 1. The van der Waals surface area contributed by atoms with Crippen molar-refractivity contribution in [2.45, 2.75) is 71.1 Å². The predicted molar refractivity (Wildman–Crippen MR) is 133 cm³/mol. The Labute approximate surface area is 216 Å². The fourth-order valence-electron chi connectivity index (χ4n) is 3.71. The lowest BCUT2D eigenvalue weighted by Crippen LogP contribution is -2.14. The highest BCUT2D eigenvalue weighted by molar-refractivity contribution is 5.67. The topological polar surface area (TPSA) is 94.0 Å². The Bertz CT molecular complexity index is 1170. The number of nitrogen functional groups attached to an aromatic ring is 1. The Balaban J connectivity index is 2.64. The molecular formula is C26H30F6N4O2. The fraction of sp³-hybridized carbons (Fsp3) is 0.423. The monoisotopic (exact) mass is 544 g/mol. The van der Waals surface area contributed by atoms with E-state index in [1.165, 1.54) is 24.3 Å². The van der Waals surface area contributed by atoms with Crippen LogP contribution in [0.5, 0.6) is 0 Å². The van der Waals surface area contributed by atoms with Gasteiger partial charge in [0.25, 0.3) is 0 Å². The van der Waals surface area contributed by atoms with Gasteiger partial charge < -0.3 is 10.8 Å². The SMILES string of the molecule is CC/C=C\C/C(=C\Cc1c(-c2cc(C)nc(N)c2)nc(C(F)(F)F)n1/C=C/CCCCC(=O)O)C(F)(F)F. The highest BCUT2D eigenvalue weighted by Gasteiger charge is 2.39. The zero-order chi connectivity index (χ0) is 28.5. The zero-order valence-corrected chi connectivity index (χ0v) is 21.0. The van der Waals surface area contributed by atoms with Crippen LogP contribution in [0.1, 0.15) is 62.7 Å². The molecule has 0 aliphatic rings. The normalized spacial score (nSPS) is 13.2. The molecule has 0 saturated carbocycles. The van der Waals surface area contributed by atoms with Gasteiger partial charge in [0.05, 0.1) is 11.4 Å². The number of aliphatic carboxylic acids is 1. The first kappa shape index (κ1) is 30.7. The Morgan fingerprint density at radius 1 is 1.08 bits per heavy atom. The molecule has 0 saturated heterocycles. The van der Waals surface area contributed by atoms with E-state index in [2.05, 4.69) is 9.97 Å². The van der Waals surface area contributed by atoms with E-state index < -0.39 is 42.6 Å². The van der Waals surface area contributed by atoms with Crippen LogP contribution in [0.2, 0.25) is 0 Å². The summed E-state index contributed by atoms with van der Waals surface area (Å²) in [5.74, 6) is -2.26. The molecule has 0 radical (unpaired) electrons. The molecule has 2 aromatic rings. The van der Waals surface area contributed by atoms with E-state index in [1.807, 2.05) is 0 Å². The van der Waals surface area contributed by atoms with Gasteiger partial charge in [-0.3, -0.25) is 9.36 Å². The highest BCUT2D eigenvalue weighted by Crippen LogP contribution is 2.36. The van der Waals surface area contributed by atoms with E-state index in [9.17, 15) is 31.1 Å². The molecular weight excluding hydrogens is 514 g/mol. The third-order valence-electron chi connectivity index (χ3n) is 5.42. The fourth-order valence-corrected chi connectivity index (χ4v) is 3.71. The lowest BCUT2D eigenvalue weighted by atomic mass is 10.1. The van der Waals surface area contributed by atoms with Crippen LogP contribution in [0.15, 0.2) is 42.0 Å². The first-order valence-corrected chi connectivity index (χ1v) is 12.0. The molecule has 0 fully saturated rings. The first-order chi connectivity index (χ1) is 17.7. The van der Waals surface area contributed by atoms with Crippen LogP contribution in [0.25, 0.3) is 17.5 Å². The number of halogens is 6. The lowest BCUT2D eigenvalue weighted by molar-refractivity contribution is -0.145. The highest BCUT2D eigenvalue weighted by atomic mass is 19.4. The summed E-state index contributed by atoms with van der Waals surface area (Å²) in [6.07, 6.45) is -2.70. The summed E-state index contributed by atoms with van der Waals surface area (Å²) in [6.45, 7) is 3.35. The zero-order valence-electron chi connectivity index (χ0n) is 21.0. The summed E-state index contributed by atoms with van der Waals surface area (Å²) in [6, 6.07) is 2.78. The van der Waals surface area contributed by atoms with Crippen molar-refractivity contribution >= 4 is 18.0 Å². The molecule has 0 aromatic carbocycles. The van der Waals surface area contributed by atoms with Crippen LogP contribution < -0.4 is 5.73 Å². The number of alkyl halides is 6. The van der Waals surface area contributed by atoms with Crippen molar-refractivity contribution in [3.05, 3.63) is 59.2 Å². The minimum absolute atomic E-state index is 0.0271. The number of nitrogens with two attached hydrogens (primary N) is 1. The first-order valence-electron chi connectivity index (χ1n) is 12.0. The van der Waals surface area contributed by atoms with E-state index in [0.29, 0.717) is 25.0 Å². The second-order valence-electron chi connectivity index (χ2n) is 8.56. The molecule has 0 aliphatic carbocycles. The van der Waals surface area contributed by atoms with Gasteiger partial charge in [0.15, 0.2) is 0 Å². The van der Waals surface area contributed by atoms with Crippen molar-refractivity contribution in [3.8, 4) is 11.3 Å². The molecule has 208 valence electrons. The van der Waals surface area contributed by atoms with Crippen molar-refractivity contribution in [2.75, 3.05) is 5.73 Å². The number of rotatable bonds is 12. The number of imidazole rings is 1. The Morgan fingerprint density at radius 2 is 1.79 bits per heavy atom. The molecule has 2 rings (SSSR count). The van der Waals surface area contributed by atoms with Crippen LogP contribution in [0, 0.1) is 6.92 Å². The molecule has 38 heavy (non-hydrogen) atoms. The smallest absolute Gasteiger partial charge is 0.450 e. The molecule has 2 heterocycles. The van der Waals surface area contributed by atoms with Gasteiger partial charge in [0, 0.05) is 35.9 Å². The third kappa shape index (κ3) is 9.07. The van der Waals surface area contributed by atoms with Gasteiger partial charge in [-0.05, 0) is 51.2 Å². The standard InChI is InChI=1S/C26H30F6N4O2/c1-3-4-7-10-19(25(27,28)29)12-13-20-23(18-15-17(2)34-21(33)16-18)35-24(26(30,31)32)36(20)14-9-6-5-8-11-22(37)38/h4,7,9,12,14-16H,3,5-6,8,10-11,13H2,1-2H3,(H2,33,34)(H,37,38)/b7-4-,14-9+,19-12+. The molecule has 0 bridgehead atoms. The number of hydrogen-bond donors (Lipinski definition) is 2. The minimum Gasteiger partial charge on any atom is -0.481 e. The average molecular weight is 545 g/mol. The number of aromatic nitrogens is 3. The van der Waals surface area contributed by atoms with Crippen molar-refractivity contribution in [1.82, 2.24) is 14.5 Å². The van der Waals surface area contributed by atoms with E-state index in [4.69, 9.17) is 10.8 Å². The summed E-state index contributed by atoms with van der Waals surface area (Å²) in [7, 11) is 0. The molecule has 0 amide bonds. The van der Waals surface area contributed by atoms with Crippen LogP contribution >= 0.6 is 0 Å². The summed E-state index contributed by atoms with van der Waals surface area (Å²) in [5, 5.41) is 8.73. The van der Waals surface area contributed by atoms with Gasteiger partial charge in [0.1, 0.15) is 5.82 Å². The Kier molecular flexibility index (Phi) is 10.7. The predicted octanol–water partition coefficient (Wildman–Crippen LogP) is 7.36. The maximum absolute atomic E-state index is 14.0. The number of allylic oxidation sites excluding steroid dienone is 5. The van der Waals surface area contributed by atoms with Crippen LogP contribution in [-0.2, 0) is 17.4 Å². The Hall–Kier alpha value is -3.57. The maximum atomic E-state index is 14.0. The molecule has 0 atom stereocenters. The number of hydrogen-bond acceptors (Lipinski definition) is 4. The van der Waals surface area contributed by atoms with Gasteiger partial charge in [-0.2, -0.15) is 26.3 Å². The van der Waals surface area contributed by atoms with Crippen LogP contribution in [0.4, 0.5) is 32.2 Å². The van der Waals surface area contributed by atoms with Gasteiger partial charge in [0.2, 0.25) is 5.82 Å². The molecule has 0 unspecified atom stereocenters. The van der Waals surface area contributed by atoms with Gasteiger partial charge in [-0.15, -0.1) is 0 Å². The molecule has 2 aromatic heterocycles. The van der Waals surface area contributed by atoms with E-state index in [0.717, 1.165) is 16.8 Å². The quantitative estimate of drug-likeness (QED) is 0.165. The van der Waals surface area contributed by atoms with E-state index in [1.54, 1.807) is 19.9 Å². The number of pyridine rings is 1.